The van der Waals surface area contributed by atoms with Gasteiger partial charge in [0.2, 0.25) is 0 Å². The van der Waals surface area contributed by atoms with Crippen molar-refractivity contribution in [3.05, 3.63) is 39.3 Å². The van der Waals surface area contributed by atoms with Crippen LogP contribution in [0, 0.1) is 0 Å². The lowest BCUT2D eigenvalue weighted by Gasteiger charge is -2.02. The van der Waals surface area contributed by atoms with Gasteiger partial charge in [0.15, 0.2) is 0 Å². The zero-order valence-electron chi connectivity index (χ0n) is 7.15. The van der Waals surface area contributed by atoms with Gasteiger partial charge in [0.05, 0.1) is 0 Å². The average molecular weight is 208 g/mol. The topological polar surface area (TPSA) is 65.1 Å². The minimum atomic E-state index is -0.104. The summed E-state index contributed by atoms with van der Waals surface area (Å²) in [5.41, 5.74) is 0.735. The summed E-state index contributed by atoms with van der Waals surface area (Å²) >= 11 is 1.09. The molecule has 0 fully saturated rings. The predicted molar refractivity (Wildman–Crippen MR) is 56.3 cm³/mol. The van der Waals surface area contributed by atoms with E-state index in [2.05, 4.69) is 10.3 Å². The minimum Gasteiger partial charge on any atom is -0.508 e. The van der Waals surface area contributed by atoms with Crippen LogP contribution in [-0.2, 0) is 0 Å². The minimum absolute atomic E-state index is 0.104. The highest BCUT2D eigenvalue weighted by atomic mass is 32.1. The van der Waals surface area contributed by atoms with E-state index >= 15 is 0 Å². The SMILES string of the molecule is O=c1[nH]c(Nc2cccc(O)c2)cs1. The van der Waals surface area contributed by atoms with Crippen LogP contribution in [0.25, 0.3) is 0 Å². The molecule has 0 unspecified atom stereocenters. The largest absolute Gasteiger partial charge is 0.508 e. The lowest BCUT2D eigenvalue weighted by Crippen LogP contribution is -1.96. The van der Waals surface area contributed by atoms with E-state index in [4.69, 9.17) is 0 Å². The van der Waals surface area contributed by atoms with Crippen molar-refractivity contribution in [1.82, 2.24) is 4.98 Å². The Labute approximate surface area is 83.9 Å². The third-order valence-corrected chi connectivity index (χ3v) is 2.32. The number of nitrogens with one attached hydrogen (secondary N) is 2. The zero-order valence-corrected chi connectivity index (χ0v) is 7.97. The molecule has 2 aromatic rings. The van der Waals surface area contributed by atoms with Gasteiger partial charge in [-0.2, -0.15) is 0 Å². The Balaban J connectivity index is 2.22. The van der Waals surface area contributed by atoms with Gasteiger partial charge in [0.1, 0.15) is 11.6 Å². The lowest BCUT2D eigenvalue weighted by molar-refractivity contribution is 0.475. The third-order valence-electron chi connectivity index (χ3n) is 1.65. The third kappa shape index (κ3) is 1.94. The Bertz CT molecular complexity index is 489. The maximum atomic E-state index is 10.8. The molecule has 0 spiro atoms. The molecule has 0 amide bonds. The van der Waals surface area contributed by atoms with Crippen molar-refractivity contribution in [1.29, 1.82) is 0 Å². The number of H-pyrrole nitrogens is 1. The molecule has 0 atom stereocenters. The number of aromatic nitrogens is 1. The quantitative estimate of drug-likeness (QED) is 0.706. The van der Waals surface area contributed by atoms with Crippen molar-refractivity contribution in [2.45, 2.75) is 0 Å². The molecule has 2 rings (SSSR count). The molecule has 14 heavy (non-hydrogen) atoms. The van der Waals surface area contributed by atoms with Gasteiger partial charge < -0.3 is 10.4 Å². The Morgan fingerprint density at radius 1 is 1.43 bits per heavy atom. The van der Waals surface area contributed by atoms with E-state index < -0.39 is 0 Å². The first kappa shape index (κ1) is 8.83. The summed E-state index contributed by atoms with van der Waals surface area (Å²) in [7, 11) is 0. The summed E-state index contributed by atoms with van der Waals surface area (Å²) in [5.74, 6) is 0.818. The van der Waals surface area contributed by atoms with Crippen LogP contribution in [0.2, 0.25) is 0 Å². The first-order valence-corrected chi connectivity index (χ1v) is 4.86. The number of phenols is 1. The monoisotopic (exact) mass is 208 g/mol. The highest BCUT2D eigenvalue weighted by molar-refractivity contribution is 7.07. The van der Waals surface area contributed by atoms with E-state index in [1.807, 2.05) is 0 Å². The Kier molecular flexibility index (Phi) is 2.24. The van der Waals surface area contributed by atoms with Gasteiger partial charge in [0, 0.05) is 17.1 Å². The molecule has 0 aliphatic carbocycles. The number of aromatic amines is 1. The van der Waals surface area contributed by atoms with Crippen molar-refractivity contribution >= 4 is 22.8 Å². The molecule has 1 aromatic carbocycles. The molecular weight excluding hydrogens is 200 g/mol. The highest BCUT2D eigenvalue weighted by Gasteiger charge is 1.97. The number of phenolic OH excluding ortho intramolecular Hbond substituents is 1. The summed E-state index contributed by atoms with van der Waals surface area (Å²) in [6.45, 7) is 0. The van der Waals surface area contributed by atoms with Gasteiger partial charge in [0.25, 0.3) is 0 Å². The molecule has 0 saturated carbocycles. The molecule has 72 valence electrons. The molecule has 0 saturated heterocycles. The standard InChI is InChI=1S/C9H8N2O2S/c12-7-3-1-2-6(4-7)10-8-5-14-9(13)11-8/h1-5,10,12H,(H,11,13). The number of anilines is 2. The molecule has 5 heteroatoms. The van der Waals surface area contributed by atoms with Crippen molar-refractivity contribution in [2.24, 2.45) is 0 Å². The van der Waals surface area contributed by atoms with E-state index in [1.165, 1.54) is 0 Å². The maximum Gasteiger partial charge on any atom is 0.306 e. The van der Waals surface area contributed by atoms with Crippen LogP contribution in [0.4, 0.5) is 11.5 Å². The van der Waals surface area contributed by atoms with Crippen LogP contribution >= 0.6 is 11.3 Å². The molecular formula is C9H8N2O2S. The Morgan fingerprint density at radius 3 is 2.93 bits per heavy atom. The number of thiazole rings is 1. The summed E-state index contributed by atoms with van der Waals surface area (Å²) in [6.07, 6.45) is 0. The molecule has 0 aliphatic rings. The zero-order chi connectivity index (χ0) is 9.97. The van der Waals surface area contributed by atoms with Gasteiger partial charge in [-0.1, -0.05) is 17.4 Å². The molecule has 0 radical (unpaired) electrons. The molecule has 0 bridgehead atoms. The molecule has 4 nitrogen and oxygen atoms in total. The average Bonchev–Trinajstić information content (AvgIpc) is 2.51. The summed E-state index contributed by atoms with van der Waals surface area (Å²) in [4.78, 5) is 13.3. The van der Waals surface area contributed by atoms with E-state index in [9.17, 15) is 9.90 Å². The first-order valence-electron chi connectivity index (χ1n) is 3.98. The van der Waals surface area contributed by atoms with Crippen LogP contribution in [0.1, 0.15) is 0 Å². The van der Waals surface area contributed by atoms with Crippen molar-refractivity contribution < 1.29 is 5.11 Å². The second kappa shape index (κ2) is 3.55. The number of hydrogen-bond acceptors (Lipinski definition) is 4. The second-order valence-electron chi connectivity index (χ2n) is 2.74. The van der Waals surface area contributed by atoms with Crippen molar-refractivity contribution in [3.63, 3.8) is 0 Å². The van der Waals surface area contributed by atoms with Crippen LogP contribution in [0.5, 0.6) is 5.75 Å². The first-order chi connectivity index (χ1) is 6.74. The summed E-state index contributed by atoms with van der Waals surface area (Å²) in [6, 6.07) is 6.69. The van der Waals surface area contributed by atoms with Crippen molar-refractivity contribution in [3.8, 4) is 5.75 Å². The summed E-state index contributed by atoms with van der Waals surface area (Å²) < 4.78 is 0. The van der Waals surface area contributed by atoms with Gasteiger partial charge in [-0.3, -0.25) is 9.78 Å². The van der Waals surface area contributed by atoms with Gasteiger partial charge >= 0.3 is 4.87 Å². The molecule has 0 aliphatic heterocycles. The van der Waals surface area contributed by atoms with Gasteiger partial charge in [-0.15, -0.1) is 0 Å². The van der Waals surface area contributed by atoms with Crippen LogP contribution in [-0.4, -0.2) is 10.1 Å². The van der Waals surface area contributed by atoms with Crippen LogP contribution in [0.15, 0.2) is 34.4 Å². The van der Waals surface area contributed by atoms with E-state index in [0.717, 1.165) is 17.0 Å². The number of aromatic hydroxyl groups is 1. The van der Waals surface area contributed by atoms with Gasteiger partial charge in [-0.25, -0.2) is 0 Å². The van der Waals surface area contributed by atoms with Crippen LogP contribution in [0.3, 0.4) is 0 Å². The summed E-state index contributed by atoms with van der Waals surface area (Å²) in [5, 5.41) is 13.8. The molecule has 1 aromatic heterocycles. The van der Waals surface area contributed by atoms with E-state index in [0.29, 0.717) is 5.82 Å². The highest BCUT2D eigenvalue weighted by Crippen LogP contribution is 2.18. The number of rotatable bonds is 2. The van der Waals surface area contributed by atoms with Crippen molar-refractivity contribution in [2.75, 3.05) is 5.32 Å². The lowest BCUT2D eigenvalue weighted by atomic mass is 10.3. The second-order valence-corrected chi connectivity index (χ2v) is 3.58. The van der Waals surface area contributed by atoms with Crippen LogP contribution < -0.4 is 10.2 Å². The molecule has 3 N–H and O–H groups in total. The fraction of sp³-hybridized carbons (Fsp3) is 0. The fourth-order valence-corrected chi connectivity index (χ4v) is 1.59. The number of benzene rings is 1. The maximum absolute atomic E-state index is 10.8. The predicted octanol–water partition coefficient (Wildman–Crippen LogP) is 1.89. The van der Waals surface area contributed by atoms with E-state index in [1.54, 1.807) is 29.6 Å². The normalized spacial score (nSPS) is 10.0. The fourth-order valence-electron chi connectivity index (χ4n) is 1.08. The Hall–Kier alpha value is -1.75. The smallest absolute Gasteiger partial charge is 0.306 e. The van der Waals surface area contributed by atoms with Gasteiger partial charge in [-0.05, 0) is 12.1 Å². The molecule has 1 heterocycles. The van der Waals surface area contributed by atoms with E-state index in [-0.39, 0.29) is 10.6 Å². The number of hydrogen-bond donors (Lipinski definition) is 3. The Morgan fingerprint density at radius 2 is 2.29 bits per heavy atom.